The van der Waals surface area contributed by atoms with E-state index < -0.39 is 0 Å². The van der Waals surface area contributed by atoms with E-state index in [2.05, 4.69) is 15.2 Å². The Hall–Kier alpha value is -1.42. The van der Waals surface area contributed by atoms with E-state index in [1.54, 1.807) is 0 Å². The van der Waals surface area contributed by atoms with Crippen LogP contribution < -0.4 is 5.32 Å². The molecule has 1 aliphatic rings. The lowest BCUT2D eigenvalue weighted by atomic mass is 10.1. The maximum Gasteiger partial charge on any atom is 0.221 e. The molecule has 2 heterocycles. The number of likely N-dealkylation sites (tertiary alicyclic amines) is 1. The standard InChI is InChI=1S/C16H25N3O/c1-13-6-5-7-15(17-13)12-14(2)18-16(20)8-11-19-9-3-4-10-19/h5-7,14H,3-4,8-12H2,1-2H3,(H,18,20). The molecule has 20 heavy (non-hydrogen) atoms. The Morgan fingerprint density at radius 3 is 2.85 bits per heavy atom. The van der Waals surface area contributed by atoms with Crippen molar-refractivity contribution in [2.24, 2.45) is 0 Å². The minimum Gasteiger partial charge on any atom is -0.353 e. The lowest BCUT2D eigenvalue weighted by Crippen LogP contribution is -2.36. The summed E-state index contributed by atoms with van der Waals surface area (Å²) >= 11 is 0. The van der Waals surface area contributed by atoms with Crippen LogP contribution in [0.2, 0.25) is 0 Å². The topological polar surface area (TPSA) is 45.2 Å². The van der Waals surface area contributed by atoms with Gasteiger partial charge in [-0.1, -0.05) is 6.07 Å². The smallest absolute Gasteiger partial charge is 0.221 e. The number of rotatable bonds is 6. The maximum absolute atomic E-state index is 11.9. The van der Waals surface area contributed by atoms with Crippen LogP contribution in [-0.2, 0) is 11.2 Å². The zero-order valence-electron chi connectivity index (χ0n) is 12.6. The van der Waals surface area contributed by atoms with Crippen LogP contribution in [-0.4, -0.2) is 41.5 Å². The third-order valence-electron chi connectivity index (χ3n) is 3.72. The Balaban J connectivity index is 1.70. The molecule has 1 aromatic heterocycles. The average Bonchev–Trinajstić information content (AvgIpc) is 2.89. The van der Waals surface area contributed by atoms with Gasteiger partial charge in [0, 0.05) is 36.8 Å². The summed E-state index contributed by atoms with van der Waals surface area (Å²) in [7, 11) is 0. The molecule has 1 amide bonds. The predicted octanol–water partition coefficient (Wildman–Crippen LogP) is 1.92. The number of amides is 1. The fraction of sp³-hybridized carbons (Fsp3) is 0.625. The monoisotopic (exact) mass is 275 g/mol. The molecule has 1 fully saturated rings. The molecule has 2 rings (SSSR count). The molecule has 0 radical (unpaired) electrons. The minimum atomic E-state index is 0.135. The van der Waals surface area contributed by atoms with Crippen molar-refractivity contribution >= 4 is 5.91 Å². The number of carbonyl (C=O) groups is 1. The molecule has 1 saturated heterocycles. The molecule has 4 nitrogen and oxygen atoms in total. The second-order valence-corrected chi connectivity index (χ2v) is 5.74. The highest BCUT2D eigenvalue weighted by molar-refractivity contribution is 5.76. The van der Waals surface area contributed by atoms with Crippen LogP contribution in [0.15, 0.2) is 18.2 Å². The van der Waals surface area contributed by atoms with Gasteiger partial charge in [0.1, 0.15) is 0 Å². The summed E-state index contributed by atoms with van der Waals surface area (Å²) in [6.45, 7) is 7.22. The van der Waals surface area contributed by atoms with Gasteiger partial charge in [-0.15, -0.1) is 0 Å². The van der Waals surface area contributed by atoms with Gasteiger partial charge in [-0.3, -0.25) is 9.78 Å². The van der Waals surface area contributed by atoms with Crippen LogP contribution in [0.1, 0.15) is 37.6 Å². The molecule has 1 aromatic rings. The molecule has 1 N–H and O–H groups in total. The first-order valence-corrected chi connectivity index (χ1v) is 7.58. The lowest BCUT2D eigenvalue weighted by molar-refractivity contribution is -0.121. The number of hydrogen-bond donors (Lipinski definition) is 1. The molecule has 0 saturated carbocycles. The van der Waals surface area contributed by atoms with Gasteiger partial charge in [0.25, 0.3) is 0 Å². The van der Waals surface area contributed by atoms with Crippen molar-refractivity contribution in [2.45, 2.75) is 45.6 Å². The summed E-state index contributed by atoms with van der Waals surface area (Å²) in [6, 6.07) is 6.15. The first kappa shape index (κ1) is 15.0. The first-order chi connectivity index (χ1) is 9.63. The lowest BCUT2D eigenvalue weighted by Gasteiger charge is -2.17. The van der Waals surface area contributed by atoms with Crippen molar-refractivity contribution in [3.05, 3.63) is 29.6 Å². The van der Waals surface area contributed by atoms with Crippen molar-refractivity contribution in [1.82, 2.24) is 15.2 Å². The molecule has 0 spiro atoms. The summed E-state index contributed by atoms with van der Waals surface area (Å²) in [4.78, 5) is 18.7. The fourth-order valence-electron chi connectivity index (χ4n) is 2.69. The predicted molar refractivity (Wildman–Crippen MR) is 80.6 cm³/mol. The molecular weight excluding hydrogens is 250 g/mol. The number of pyridine rings is 1. The highest BCUT2D eigenvalue weighted by Crippen LogP contribution is 2.07. The Labute approximate surface area is 121 Å². The zero-order valence-corrected chi connectivity index (χ0v) is 12.6. The molecule has 110 valence electrons. The van der Waals surface area contributed by atoms with E-state index in [0.29, 0.717) is 6.42 Å². The average molecular weight is 275 g/mol. The van der Waals surface area contributed by atoms with E-state index in [1.165, 1.54) is 12.8 Å². The Bertz CT molecular complexity index is 441. The maximum atomic E-state index is 11.9. The Morgan fingerprint density at radius 1 is 1.40 bits per heavy atom. The number of aryl methyl sites for hydroxylation is 1. The highest BCUT2D eigenvalue weighted by Gasteiger charge is 2.14. The van der Waals surface area contributed by atoms with E-state index in [9.17, 15) is 4.79 Å². The summed E-state index contributed by atoms with van der Waals surface area (Å²) in [5.41, 5.74) is 2.06. The summed E-state index contributed by atoms with van der Waals surface area (Å²) in [6.07, 6.45) is 3.94. The highest BCUT2D eigenvalue weighted by atomic mass is 16.1. The number of aromatic nitrogens is 1. The molecule has 0 aromatic carbocycles. The van der Waals surface area contributed by atoms with Crippen LogP contribution in [0.25, 0.3) is 0 Å². The third kappa shape index (κ3) is 4.93. The van der Waals surface area contributed by atoms with Crippen LogP contribution >= 0.6 is 0 Å². The van der Waals surface area contributed by atoms with Gasteiger partial charge in [-0.2, -0.15) is 0 Å². The van der Waals surface area contributed by atoms with Crippen LogP contribution in [0.4, 0.5) is 0 Å². The number of nitrogens with one attached hydrogen (secondary N) is 1. The van der Waals surface area contributed by atoms with Gasteiger partial charge in [-0.05, 0) is 51.9 Å². The number of carbonyl (C=O) groups excluding carboxylic acids is 1. The Morgan fingerprint density at radius 2 is 2.15 bits per heavy atom. The molecule has 1 atom stereocenters. The van der Waals surface area contributed by atoms with E-state index in [0.717, 1.165) is 37.4 Å². The van der Waals surface area contributed by atoms with Gasteiger partial charge in [0.05, 0.1) is 0 Å². The first-order valence-electron chi connectivity index (χ1n) is 7.58. The largest absolute Gasteiger partial charge is 0.353 e. The molecule has 0 bridgehead atoms. The summed E-state index contributed by atoms with van der Waals surface area (Å²) in [5.74, 6) is 0.150. The summed E-state index contributed by atoms with van der Waals surface area (Å²) in [5, 5.41) is 3.07. The zero-order chi connectivity index (χ0) is 14.4. The molecule has 1 unspecified atom stereocenters. The van der Waals surface area contributed by atoms with Gasteiger partial charge in [0.15, 0.2) is 0 Å². The van der Waals surface area contributed by atoms with E-state index in [-0.39, 0.29) is 11.9 Å². The van der Waals surface area contributed by atoms with Gasteiger partial charge in [-0.25, -0.2) is 0 Å². The normalized spacial score (nSPS) is 17.1. The molecular formula is C16H25N3O. The van der Waals surface area contributed by atoms with E-state index in [4.69, 9.17) is 0 Å². The van der Waals surface area contributed by atoms with Gasteiger partial charge in [0.2, 0.25) is 5.91 Å². The van der Waals surface area contributed by atoms with Crippen LogP contribution in [0, 0.1) is 6.92 Å². The van der Waals surface area contributed by atoms with E-state index >= 15 is 0 Å². The second-order valence-electron chi connectivity index (χ2n) is 5.74. The van der Waals surface area contributed by atoms with Gasteiger partial charge < -0.3 is 10.2 Å². The number of nitrogens with zero attached hydrogens (tertiary/aromatic N) is 2. The second kappa shape index (κ2) is 7.39. The summed E-state index contributed by atoms with van der Waals surface area (Å²) < 4.78 is 0. The van der Waals surface area contributed by atoms with E-state index in [1.807, 2.05) is 32.0 Å². The molecule has 1 aliphatic heterocycles. The SMILES string of the molecule is Cc1cccc(CC(C)NC(=O)CCN2CCCC2)n1. The quantitative estimate of drug-likeness (QED) is 0.863. The molecule has 0 aliphatic carbocycles. The van der Waals surface area contributed by atoms with Crippen molar-refractivity contribution in [3.63, 3.8) is 0 Å². The van der Waals surface area contributed by atoms with Crippen LogP contribution in [0.5, 0.6) is 0 Å². The molecule has 4 heteroatoms. The van der Waals surface area contributed by atoms with Crippen LogP contribution in [0.3, 0.4) is 0 Å². The third-order valence-corrected chi connectivity index (χ3v) is 3.72. The van der Waals surface area contributed by atoms with Crippen molar-refractivity contribution in [1.29, 1.82) is 0 Å². The van der Waals surface area contributed by atoms with Gasteiger partial charge >= 0.3 is 0 Å². The van der Waals surface area contributed by atoms with Crippen molar-refractivity contribution in [2.75, 3.05) is 19.6 Å². The Kier molecular flexibility index (Phi) is 5.53. The fourth-order valence-corrected chi connectivity index (χ4v) is 2.69. The van der Waals surface area contributed by atoms with Crippen molar-refractivity contribution < 1.29 is 4.79 Å². The minimum absolute atomic E-state index is 0.135. The van der Waals surface area contributed by atoms with Crippen molar-refractivity contribution in [3.8, 4) is 0 Å². The number of hydrogen-bond acceptors (Lipinski definition) is 3.